The van der Waals surface area contributed by atoms with E-state index in [0.29, 0.717) is 4.83 Å². The molecule has 0 aliphatic rings. The average Bonchev–Trinajstić information content (AvgIpc) is 1.88. The van der Waals surface area contributed by atoms with Gasteiger partial charge in [0.15, 0.2) is 0 Å². The molecule has 0 radical (unpaired) electrons. The average molecular weight is 201 g/mol. The molecule has 0 fully saturated rings. The lowest BCUT2D eigenvalue weighted by Gasteiger charge is -1.99. The van der Waals surface area contributed by atoms with Crippen LogP contribution in [0.2, 0.25) is 0 Å². The fraction of sp³-hybridized carbons (Fsp3) is 0.333. The minimum Gasteiger partial charge on any atom is -0.0991 e. The number of hydrogen-bond donors (Lipinski definition) is 0. The van der Waals surface area contributed by atoms with Crippen molar-refractivity contribution in [2.45, 2.75) is 18.7 Å². The van der Waals surface area contributed by atoms with Crippen molar-refractivity contribution in [2.75, 3.05) is 0 Å². The predicted molar refractivity (Wildman–Crippen MR) is 51.5 cm³/mol. The zero-order valence-corrected chi connectivity index (χ0v) is 8.06. The Labute approximate surface area is 71.5 Å². The lowest BCUT2D eigenvalue weighted by molar-refractivity contribution is 1.14. The molecule has 0 N–H and O–H groups in total. The normalized spacial score (nSPS) is 15.7. The summed E-state index contributed by atoms with van der Waals surface area (Å²) >= 11 is 3.46. The summed E-state index contributed by atoms with van der Waals surface area (Å²) in [6.45, 7) is 7.77. The van der Waals surface area contributed by atoms with Crippen molar-refractivity contribution < 1.29 is 0 Å². The molecule has 0 rings (SSSR count). The van der Waals surface area contributed by atoms with Crippen LogP contribution >= 0.6 is 15.9 Å². The first-order valence-corrected chi connectivity index (χ1v) is 4.20. The van der Waals surface area contributed by atoms with Gasteiger partial charge in [-0.2, -0.15) is 0 Å². The smallest absolute Gasteiger partial charge is 0.0326 e. The summed E-state index contributed by atoms with van der Waals surface area (Å²) in [6, 6.07) is 0. The molecule has 1 atom stereocenters. The van der Waals surface area contributed by atoms with Gasteiger partial charge < -0.3 is 0 Å². The Bertz CT molecular complexity index is 152. The molecule has 10 heavy (non-hydrogen) atoms. The van der Waals surface area contributed by atoms with Gasteiger partial charge in [-0.1, -0.05) is 52.4 Å². The lowest BCUT2D eigenvalue weighted by Crippen LogP contribution is -1.89. The molecule has 56 valence electrons. The van der Waals surface area contributed by atoms with Crippen LogP contribution in [0.4, 0.5) is 0 Å². The number of allylic oxidation sites excluding steroid dienone is 5. The second-order valence-electron chi connectivity index (χ2n) is 2.15. The predicted octanol–water partition coefficient (Wildman–Crippen LogP) is 3.46. The molecule has 0 bridgehead atoms. The van der Waals surface area contributed by atoms with Crippen molar-refractivity contribution in [1.82, 2.24) is 0 Å². The molecule has 0 aliphatic carbocycles. The molecule has 1 unspecified atom stereocenters. The second-order valence-corrected chi connectivity index (χ2v) is 3.52. The van der Waals surface area contributed by atoms with E-state index in [1.54, 1.807) is 6.08 Å². The molecular formula is C9H13Br. The van der Waals surface area contributed by atoms with Crippen LogP contribution in [0.25, 0.3) is 0 Å². The van der Waals surface area contributed by atoms with Gasteiger partial charge >= 0.3 is 0 Å². The van der Waals surface area contributed by atoms with Crippen LogP contribution in [0.15, 0.2) is 36.5 Å². The van der Waals surface area contributed by atoms with Crippen LogP contribution in [0.3, 0.4) is 0 Å². The molecular weight excluding hydrogens is 188 g/mol. The van der Waals surface area contributed by atoms with E-state index >= 15 is 0 Å². The topological polar surface area (TPSA) is 0 Å². The van der Waals surface area contributed by atoms with Gasteiger partial charge in [0.25, 0.3) is 0 Å². The van der Waals surface area contributed by atoms with E-state index in [2.05, 4.69) is 42.4 Å². The van der Waals surface area contributed by atoms with Gasteiger partial charge in [-0.15, -0.1) is 0 Å². The van der Waals surface area contributed by atoms with Gasteiger partial charge in [-0.05, 0) is 13.8 Å². The Hall–Kier alpha value is -0.300. The maximum absolute atomic E-state index is 3.57. The van der Waals surface area contributed by atoms with Crippen molar-refractivity contribution in [3.63, 3.8) is 0 Å². The molecule has 0 aromatic rings. The monoisotopic (exact) mass is 200 g/mol. The number of alkyl halides is 1. The summed E-state index contributed by atoms with van der Waals surface area (Å²) in [7, 11) is 0. The van der Waals surface area contributed by atoms with Gasteiger partial charge in [-0.3, -0.25) is 0 Å². The molecule has 0 aromatic heterocycles. The molecule has 0 saturated carbocycles. The van der Waals surface area contributed by atoms with Gasteiger partial charge in [0.05, 0.1) is 0 Å². The SMILES string of the molecule is C=CC=CC=C(C)C(C)Br. The van der Waals surface area contributed by atoms with E-state index in [-0.39, 0.29) is 0 Å². The molecule has 0 saturated heterocycles. The van der Waals surface area contributed by atoms with Crippen LogP contribution < -0.4 is 0 Å². The zero-order valence-electron chi connectivity index (χ0n) is 6.47. The van der Waals surface area contributed by atoms with Crippen molar-refractivity contribution in [3.05, 3.63) is 36.5 Å². The highest BCUT2D eigenvalue weighted by Crippen LogP contribution is 2.09. The van der Waals surface area contributed by atoms with E-state index in [4.69, 9.17) is 0 Å². The highest BCUT2D eigenvalue weighted by molar-refractivity contribution is 9.09. The Kier molecular flexibility index (Phi) is 5.32. The third-order valence-corrected chi connectivity index (χ3v) is 1.96. The lowest BCUT2D eigenvalue weighted by atomic mass is 10.2. The fourth-order valence-electron chi connectivity index (χ4n) is 0.418. The first kappa shape index (κ1) is 9.70. The van der Waals surface area contributed by atoms with E-state index < -0.39 is 0 Å². The van der Waals surface area contributed by atoms with E-state index in [1.807, 2.05) is 12.2 Å². The van der Waals surface area contributed by atoms with Gasteiger partial charge in [0.2, 0.25) is 0 Å². The first-order valence-electron chi connectivity index (χ1n) is 3.28. The summed E-state index contributed by atoms with van der Waals surface area (Å²) in [6.07, 6.45) is 7.74. The Morgan fingerprint density at radius 1 is 1.50 bits per heavy atom. The molecule has 0 heterocycles. The van der Waals surface area contributed by atoms with E-state index in [9.17, 15) is 0 Å². The summed E-state index contributed by atoms with van der Waals surface area (Å²) < 4.78 is 0. The highest BCUT2D eigenvalue weighted by atomic mass is 79.9. The van der Waals surface area contributed by atoms with Crippen molar-refractivity contribution in [2.24, 2.45) is 0 Å². The first-order chi connectivity index (χ1) is 4.68. The number of rotatable bonds is 3. The van der Waals surface area contributed by atoms with Crippen LogP contribution in [0, 0.1) is 0 Å². The van der Waals surface area contributed by atoms with Crippen LogP contribution in [0.1, 0.15) is 13.8 Å². The van der Waals surface area contributed by atoms with Crippen LogP contribution in [-0.2, 0) is 0 Å². The molecule has 0 aromatic carbocycles. The quantitative estimate of drug-likeness (QED) is 0.484. The van der Waals surface area contributed by atoms with E-state index in [1.165, 1.54) is 5.57 Å². The fourth-order valence-corrected chi connectivity index (χ4v) is 0.571. The Morgan fingerprint density at radius 2 is 2.10 bits per heavy atom. The van der Waals surface area contributed by atoms with Crippen molar-refractivity contribution in [3.8, 4) is 0 Å². The molecule has 0 spiro atoms. The summed E-state index contributed by atoms with van der Waals surface area (Å²) in [4.78, 5) is 0.460. The molecule has 0 aliphatic heterocycles. The minimum absolute atomic E-state index is 0.460. The minimum atomic E-state index is 0.460. The standard InChI is InChI=1S/C9H13Br/c1-4-5-6-7-8(2)9(3)10/h4-7,9H,1H2,2-3H3. The van der Waals surface area contributed by atoms with Crippen LogP contribution in [0.5, 0.6) is 0 Å². The molecule has 0 nitrogen and oxygen atoms in total. The van der Waals surface area contributed by atoms with Gasteiger partial charge in [-0.25, -0.2) is 0 Å². The number of hydrogen-bond acceptors (Lipinski definition) is 0. The maximum atomic E-state index is 3.57. The van der Waals surface area contributed by atoms with Gasteiger partial charge in [0.1, 0.15) is 0 Å². The summed E-state index contributed by atoms with van der Waals surface area (Å²) in [5.41, 5.74) is 1.32. The summed E-state index contributed by atoms with van der Waals surface area (Å²) in [5.74, 6) is 0. The van der Waals surface area contributed by atoms with Gasteiger partial charge in [0, 0.05) is 4.83 Å². The molecule has 0 amide bonds. The third kappa shape index (κ3) is 4.57. The maximum Gasteiger partial charge on any atom is 0.0326 e. The summed E-state index contributed by atoms with van der Waals surface area (Å²) in [5, 5.41) is 0. The third-order valence-electron chi connectivity index (χ3n) is 1.23. The Morgan fingerprint density at radius 3 is 2.50 bits per heavy atom. The number of halogens is 1. The molecule has 1 heteroatoms. The second kappa shape index (κ2) is 5.48. The highest BCUT2D eigenvalue weighted by Gasteiger charge is 1.93. The largest absolute Gasteiger partial charge is 0.0991 e. The van der Waals surface area contributed by atoms with Crippen molar-refractivity contribution in [1.29, 1.82) is 0 Å². The zero-order chi connectivity index (χ0) is 7.98. The van der Waals surface area contributed by atoms with Crippen LogP contribution in [-0.4, -0.2) is 4.83 Å². The van der Waals surface area contributed by atoms with Crippen molar-refractivity contribution >= 4 is 15.9 Å². The van der Waals surface area contributed by atoms with E-state index in [0.717, 1.165) is 0 Å². The Balaban J connectivity index is 3.91.